The Labute approximate surface area is 219 Å². The van der Waals surface area contributed by atoms with Crippen LogP contribution in [0.3, 0.4) is 0 Å². The number of imide groups is 1. The van der Waals surface area contributed by atoms with Crippen LogP contribution in [0.15, 0.2) is 64.8 Å². The molecular weight excluding hydrogens is 567 g/mol. The molecule has 174 valence electrons. The first-order valence-corrected chi connectivity index (χ1v) is 11.8. The molecule has 1 heterocycles. The van der Waals surface area contributed by atoms with Crippen LogP contribution in [-0.4, -0.2) is 19.0 Å². The van der Waals surface area contributed by atoms with E-state index in [2.05, 4.69) is 21.2 Å². The number of amides is 3. The number of carbonyl (C=O) groups is 2. The van der Waals surface area contributed by atoms with Gasteiger partial charge in [-0.05, 0) is 75.6 Å². The lowest BCUT2D eigenvalue weighted by Crippen LogP contribution is -2.30. The largest absolute Gasteiger partial charge is 0.493 e. The maximum atomic E-state index is 12.9. The summed E-state index contributed by atoms with van der Waals surface area (Å²) >= 11 is 21.5. The van der Waals surface area contributed by atoms with Gasteiger partial charge in [0, 0.05) is 5.02 Å². The van der Waals surface area contributed by atoms with Crippen LogP contribution >= 0.6 is 50.7 Å². The molecule has 0 radical (unpaired) electrons. The lowest BCUT2D eigenvalue weighted by atomic mass is 10.1. The summed E-state index contributed by atoms with van der Waals surface area (Å²) in [6, 6.07) is 14.6. The molecule has 1 saturated heterocycles. The van der Waals surface area contributed by atoms with Crippen LogP contribution in [-0.2, 0) is 11.4 Å². The Morgan fingerprint density at radius 2 is 1.82 bits per heavy atom. The Morgan fingerprint density at radius 1 is 1.03 bits per heavy atom. The van der Waals surface area contributed by atoms with E-state index in [0.29, 0.717) is 42.3 Å². The van der Waals surface area contributed by atoms with Gasteiger partial charge in [0.25, 0.3) is 5.91 Å². The van der Waals surface area contributed by atoms with E-state index >= 15 is 0 Å². The number of nitrogens with zero attached hydrogens (tertiary/aromatic N) is 1. The Balaban J connectivity index is 1.58. The minimum atomic E-state index is -0.564. The van der Waals surface area contributed by atoms with Crippen LogP contribution in [0.5, 0.6) is 11.5 Å². The lowest BCUT2D eigenvalue weighted by Gasteiger charge is -2.14. The van der Waals surface area contributed by atoms with Crippen molar-refractivity contribution in [1.29, 1.82) is 0 Å². The molecule has 1 fully saturated rings. The molecular formula is C24H16BrCl3N2O4. The van der Waals surface area contributed by atoms with Gasteiger partial charge in [-0.2, -0.15) is 0 Å². The minimum absolute atomic E-state index is 0.114. The van der Waals surface area contributed by atoms with Crippen LogP contribution in [0.4, 0.5) is 10.5 Å². The summed E-state index contributed by atoms with van der Waals surface area (Å²) in [5.41, 5.74) is 1.93. The molecule has 0 spiro atoms. The van der Waals surface area contributed by atoms with Crippen LogP contribution in [0.25, 0.3) is 6.08 Å². The SMILES string of the molecule is COc1cc(/C=C2/NC(=O)N(c3cccc(Cl)c3)C2=O)cc(Br)c1OCc1ccc(Cl)c(Cl)c1. The van der Waals surface area contributed by atoms with E-state index in [-0.39, 0.29) is 12.3 Å². The van der Waals surface area contributed by atoms with Gasteiger partial charge in [-0.25, -0.2) is 9.69 Å². The molecule has 1 aliphatic rings. The van der Waals surface area contributed by atoms with Gasteiger partial charge in [-0.1, -0.05) is 46.9 Å². The van der Waals surface area contributed by atoms with E-state index in [1.807, 2.05) is 6.07 Å². The first-order valence-electron chi connectivity index (χ1n) is 9.84. The van der Waals surface area contributed by atoms with Crippen molar-refractivity contribution in [3.05, 3.63) is 91.0 Å². The van der Waals surface area contributed by atoms with Crippen molar-refractivity contribution >= 4 is 74.4 Å². The van der Waals surface area contributed by atoms with Crippen LogP contribution in [0, 0.1) is 0 Å². The molecule has 0 unspecified atom stereocenters. The monoisotopic (exact) mass is 580 g/mol. The fourth-order valence-electron chi connectivity index (χ4n) is 3.30. The van der Waals surface area contributed by atoms with Crippen LogP contribution in [0.1, 0.15) is 11.1 Å². The highest BCUT2D eigenvalue weighted by molar-refractivity contribution is 9.10. The number of ether oxygens (including phenoxy) is 2. The summed E-state index contributed by atoms with van der Waals surface area (Å²) in [5.74, 6) is 0.408. The van der Waals surface area contributed by atoms with Gasteiger partial charge in [0.2, 0.25) is 0 Å². The summed E-state index contributed by atoms with van der Waals surface area (Å²) in [5, 5.41) is 3.91. The lowest BCUT2D eigenvalue weighted by molar-refractivity contribution is -0.113. The van der Waals surface area contributed by atoms with Crippen molar-refractivity contribution in [3.63, 3.8) is 0 Å². The Morgan fingerprint density at radius 3 is 2.53 bits per heavy atom. The molecule has 6 nitrogen and oxygen atoms in total. The van der Waals surface area contributed by atoms with Gasteiger partial charge < -0.3 is 14.8 Å². The summed E-state index contributed by atoms with van der Waals surface area (Å²) in [4.78, 5) is 26.4. The highest BCUT2D eigenvalue weighted by Crippen LogP contribution is 2.38. The molecule has 3 amide bonds. The highest BCUT2D eigenvalue weighted by atomic mass is 79.9. The number of benzene rings is 3. The van der Waals surface area contributed by atoms with Gasteiger partial charge in [0.1, 0.15) is 12.3 Å². The molecule has 0 aromatic heterocycles. The number of rotatable bonds is 6. The van der Waals surface area contributed by atoms with Crippen molar-refractivity contribution in [1.82, 2.24) is 5.32 Å². The van der Waals surface area contributed by atoms with E-state index < -0.39 is 11.9 Å². The standard InChI is InChI=1S/C24H16BrCl3N2O4/c1-33-21-10-14(7-17(25)22(21)34-12-13-5-6-18(27)19(28)8-13)9-20-23(31)30(24(32)29-20)16-4-2-3-15(26)11-16/h2-11H,12H2,1H3,(H,29,32)/b20-9+. The second-order valence-electron chi connectivity index (χ2n) is 7.18. The second kappa shape index (κ2) is 10.3. The molecule has 4 rings (SSSR count). The Kier molecular flexibility index (Phi) is 7.38. The number of carbonyl (C=O) groups excluding carboxylic acids is 2. The number of anilines is 1. The highest BCUT2D eigenvalue weighted by Gasteiger charge is 2.35. The van der Waals surface area contributed by atoms with Crippen LogP contribution in [0.2, 0.25) is 15.1 Å². The van der Waals surface area contributed by atoms with Gasteiger partial charge in [0.05, 0.1) is 27.3 Å². The fraction of sp³-hybridized carbons (Fsp3) is 0.0833. The summed E-state index contributed by atoms with van der Waals surface area (Å²) in [6.45, 7) is 0.232. The maximum Gasteiger partial charge on any atom is 0.333 e. The average Bonchev–Trinajstić information content (AvgIpc) is 3.07. The number of nitrogens with one attached hydrogen (secondary N) is 1. The average molecular weight is 583 g/mol. The quantitative estimate of drug-likeness (QED) is 0.249. The van der Waals surface area contributed by atoms with E-state index in [0.717, 1.165) is 10.5 Å². The van der Waals surface area contributed by atoms with E-state index in [1.54, 1.807) is 54.6 Å². The Bertz CT molecular complexity index is 1330. The van der Waals surface area contributed by atoms with Crippen molar-refractivity contribution < 1.29 is 19.1 Å². The number of methoxy groups -OCH3 is 1. The number of hydrogen-bond donors (Lipinski definition) is 1. The molecule has 10 heteroatoms. The number of hydrogen-bond acceptors (Lipinski definition) is 4. The van der Waals surface area contributed by atoms with E-state index in [4.69, 9.17) is 44.3 Å². The fourth-order valence-corrected chi connectivity index (χ4v) is 4.38. The molecule has 34 heavy (non-hydrogen) atoms. The topological polar surface area (TPSA) is 67.9 Å². The van der Waals surface area contributed by atoms with Gasteiger partial charge in [-0.15, -0.1) is 0 Å². The first kappa shape index (κ1) is 24.4. The molecule has 0 aliphatic carbocycles. The van der Waals surface area contributed by atoms with Gasteiger partial charge in [-0.3, -0.25) is 4.79 Å². The predicted octanol–water partition coefficient (Wildman–Crippen LogP) is 7.09. The number of urea groups is 1. The van der Waals surface area contributed by atoms with Gasteiger partial charge in [0.15, 0.2) is 11.5 Å². The third-order valence-electron chi connectivity index (χ3n) is 4.87. The third-order valence-corrected chi connectivity index (χ3v) is 6.44. The van der Waals surface area contributed by atoms with E-state index in [1.165, 1.54) is 7.11 Å². The summed E-state index contributed by atoms with van der Waals surface area (Å²) < 4.78 is 12.0. The Hall–Kier alpha value is -2.71. The summed E-state index contributed by atoms with van der Waals surface area (Å²) in [6.07, 6.45) is 1.56. The van der Waals surface area contributed by atoms with E-state index in [9.17, 15) is 9.59 Å². The molecule has 1 aliphatic heterocycles. The minimum Gasteiger partial charge on any atom is -0.493 e. The first-order chi connectivity index (χ1) is 16.3. The molecule has 0 saturated carbocycles. The zero-order valence-electron chi connectivity index (χ0n) is 17.6. The third kappa shape index (κ3) is 5.18. The molecule has 0 atom stereocenters. The molecule has 1 N–H and O–H groups in total. The molecule has 0 bridgehead atoms. The van der Waals surface area contributed by atoms with Crippen molar-refractivity contribution in [3.8, 4) is 11.5 Å². The normalized spacial score (nSPS) is 14.5. The smallest absolute Gasteiger partial charge is 0.333 e. The van der Waals surface area contributed by atoms with Gasteiger partial charge >= 0.3 is 6.03 Å². The van der Waals surface area contributed by atoms with Crippen molar-refractivity contribution in [2.24, 2.45) is 0 Å². The summed E-state index contributed by atoms with van der Waals surface area (Å²) in [7, 11) is 1.51. The van der Waals surface area contributed by atoms with Crippen molar-refractivity contribution in [2.75, 3.05) is 12.0 Å². The number of halogens is 4. The predicted molar refractivity (Wildman–Crippen MR) is 137 cm³/mol. The second-order valence-corrected chi connectivity index (χ2v) is 9.29. The molecule has 3 aromatic rings. The van der Waals surface area contributed by atoms with Crippen LogP contribution < -0.4 is 19.7 Å². The zero-order valence-corrected chi connectivity index (χ0v) is 21.4. The maximum absolute atomic E-state index is 12.9. The zero-order chi connectivity index (χ0) is 24.4. The van der Waals surface area contributed by atoms with Crippen molar-refractivity contribution in [2.45, 2.75) is 6.61 Å². The molecule has 3 aromatic carbocycles.